The van der Waals surface area contributed by atoms with Gasteiger partial charge in [0, 0.05) is 5.56 Å². The van der Waals surface area contributed by atoms with Gasteiger partial charge in [0.1, 0.15) is 12.4 Å². The number of hydrogen-bond acceptors (Lipinski definition) is 5. The molecule has 0 N–H and O–H groups in total. The number of rotatable bonds is 5. The lowest BCUT2D eigenvalue weighted by atomic mass is 9.81. The lowest BCUT2D eigenvalue weighted by Gasteiger charge is -2.19. The lowest BCUT2D eigenvalue weighted by molar-refractivity contribution is -0.152. The van der Waals surface area contributed by atoms with Crippen LogP contribution in [0.4, 0.5) is 4.39 Å². The van der Waals surface area contributed by atoms with E-state index in [1.54, 1.807) is 0 Å². The van der Waals surface area contributed by atoms with Crippen molar-refractivity contribution in [3.8, 4) is 0 Å². The van der Waals surface area contributed by atoms with Crippen LogP contribution >= 0.6 is 0 Å². The number of benzene rings is 1. The van der Waals surface area contributed by atoms with Crippen LogP contribution in [0.2, 0.25) is 0 Å². The number of Topliss-reactive ketones (excluding diaryl/α,β-unsaturated/α-hetero) is 1. The molecule has 7 heteroatoms. The highest BCUT2D eigenvalue weighted by Crippen LogP contribution is 2.56. The predicted molar refractivity (Wildman–Crippen MR) is 86.2 cm³/mol. The zero-order valence-corrected chi connectivity index (χ0v) is 14.0. The second-order valence-electron chi connectivity index (χ2n) is 7.24. The maximum Gasteiger partial charge on any atom is 0.326 e. The third kappa shape index (κ3) is 2.71. The Morgan fingerprint density at radius 3 is 2.19 bits per heavy atom. The molecule has 0 radical (unpaired) electrons. The van der Waals surface area contributed by atoms with E-state index in [1.165, 1.54) is 12.1 Å². The molecule has 0 aromatic heterocycles. The summed E-state index contributed by atoms with van der Waals surface area (Å²) in [5, 5.41) is 0. The van der Waals surface area contributed by atoms with E-state index >= 15 is 0 Å². The molecular weight excluding hydrogens is 341 g/mol. The molecule has 1 heterocycles. The van der Waals surface area contributed by atoms with Crippen LogP contribution in [0.1, 0.15) is 29.6 Å². The van der Waals surface area contributed by atoms with Crippen molar-refractivity contribution in [3.63, 3.8) is 0 Å². The summed E-state index contributed by atoms with van der Waals surface area (Å²) in [5.74, 6) is -2.37. The predicted octanol–water partition coefficient (Wildman–Crippen LogP) is 1.58. The Hall–Kier alpha value is -2.57. The molecular formula is C19H18FNO5. The fourth-order valence-electron chi connectivity index (χ4n) is 4.67. The number of carbonyl (C=O) groups excluding carboxylic acids is 4. The first-order valence-electron chi connectivity index (χ1n) is 8.75. The van der Waals surface area contributed by atoms with Crippen LogP contribution in [0.15, 0.2) is 24.3 Å². The molecule has 2 amide bonds. The molecule has 4 rings (SSSR count). The molecule has 4 atom stereocenters. The van der Waals surface area contributed by atoms with E-state index in [0.717, 1.165) is 36.3 Å². The fraction of sp³-hybridized carbons (Fsp3) is 0.474. The number of hydrogen-bond donors (Lipinski definition) is 0. The molecule has 1 aliphatic heterocycles. The number of halogens is 1. The summed E-state index contributed by atoms with van der Waals surface area (Å²) in [6, 6.07) is 4.89. The normalized spacial score (nSPS) is 29.2. The Bertz CT molecular complexity index is 762. The number of esters is 1. The Kier molecular flexibility index (Phi) is 4.09. The van der Waals surface area contributed by atoms with Crippen molar-refractivity contribution in [1.82, 2.24) is 4.90 Å². The summed E-state index contributed by atoms with van der Waals surface area (Å²) < 4.78 is 17.8. The number of imide groups is 1. The van der Waals surface area contributed by atoms with Crippen molar-refractivity contribution in [2.45, 2.75) is 19.3 Å². The number of fused-ring (bicyclic) bond motifs is 5. The van der Waals surface area contributed by atoms with Gasteiger partial charge in [0.2, 0.25) is 11.8 Å². The summed E-state index contributed by atoms with van der Waals surface area (Å²) in [5.41, 5.74) is 0.221. The van der Waals surface area contributed by atoms with Gasteiger partial charge in [0.15, 0.2) is 12.4 Å². The van der Waals surface area contributed by atoms with Gasteiger partial charge in [0.05, 0.1) is 11.8 Å². The minimum absolute atomic E-state index is 0.221. The number of carbonyl (C=O) groups is 4. The highest BCUT2D eigenvalue weighted by molar-refractivity contribution is 6.08. The van der Waals surface area contributed by atoms with E-state index in [-0.39, 0.29) is 41.0 Å². The van der Waals surface area contributed by atoms with Crippen LogP contribution in [0.5, 0.6) is 0 Å². The third-order valence-electron chi connectivity index (χ3n) is 5.84. The Balaban J connectivity index is 1.34. The minimum atomic E-state index is -0.797. The van der Waals surface area contributed by atoms with Crippen molar-refractivity contribution in [2.75, 3.05) is 13.2 Å². The first kappa shape index (κ1) is 16.9. The SMILES string of the molecule is O=C(CN1C(=O)[C@@H]2[C@H]3CC[C@@H](C3)[C@H]2C1=O)OCC(=O)c1ccc(F)cc1. The first-order chi connectivity index (χ1) is 12.5. The zero-order chi connectivity index (χ0) is 18.4. The number of ketones is 1. The quantitative estimate of drug-likeness (QED) is 0.453. The van der Waals surface area contributed by atoms with Gasteiger partial charge in [-0.2, -0.15) is 0 Å². The molecule has 1 aromatic carbocycles. The molecule has 2 saturated carbocycles. The third-order valence-corrected chi connectivity index (χ3v) is 5.84. The van der Waals surface area contributed by atoms with Crippen molar-refractivity contribution in [1.29, 1.82) is 0 Å². The largest absolute Gasteiger partial charge is 0.456 e. The molecule has 136 valence electrons. The van der Waals surface area contributed by atoms with Gasteiger partial charge in [0.25, 0.3) is 0 Å². The van der Waals surface area contributed by atoms with Gasteiger partial charge >= 0.3 is 5.97 Å². The van der Waals surface area contributed by atoms with Crippen molar-refractivity contribution in [2.24, 2.45) is 23.7 Å². The Morgan fingerprint density at radius 1 is 1.04 bits per heavy atom. The maximum atomic E-state index is 12.9. The standard InChI is InChI=1S/C19H18FNO5/c20-13-5-3-10(4-6-13)14(22)9-26-15(23)8-21-18(24)16-11-1-2-12(7-11)17(16)19(21)25/h3-6,11-12,16-17H,1-2,7-9H2/t11-,12-,16+,17+/m0/s1. The van der Waals surface area contributed by atoms with Crippen LogP contribution in [-0.2, 0) is 19.1 Å². The highest BCUT2D eigenvalue weighted by atomic mass is 19.1. The molecule has 26 heavy (non-hydrogen) atoms. The number of nitrogens with zero attached hydrogens (tertiary/aromatic N) is 1. The molecule has 3 fully saturated rings. The molecule has 3 aliphatic rings. The van der Waals surface area contributed by atoms with Crippen molar-refractivity contribution >= 4 is 23.6 Å². The summed E-state index contributed by atoms with van der Waals surface area (Å²) >= 11 is 0. The molecule has 6 nitrogen and oxygen atoms in total. The van der Waals surface area contributed by atoms with Crippen LogP contribution in [0.3, 0.4) is 0 Å². The first-order valence-corrected chi connectivity index (χ1v) is 8.75. The van der Waals surface area contributed by atoms with Gasteiger partial charge in [-0.1, -0.05) is 0 Å². The van der Waals surface area contributed by atoms with Gasteiger partial charge in [-0.25, -0.2) is 4.39 Å². The smallest absolute Gasteiger partial charge is 0.326 e. The van der Waals surface area contributed by atoms with Crippen LogP contribution < -0.4 is 0 Å². The lowest BCUT2D eigenvalue weighted by Crippen LogP contribution is -2.38. The van der Waals surface area contributed by atoms with E-state index in [1.807, 2.05) is 0 Å². The summed E-state index contributed by atoms with van der Waals surface area (Å²) in [6.07, 6.45) is 2.86. The summed E-state index contributed by atoms with van der Waals surface area (Å²) in [4.78, 5) is 49.9. The van der Waals surface area contributed by atoms with Gasteiger partial charge in [-0.15, -0.1) is 0 Å². The maximum absolute atomic E-state index is 12.9. The Morgan fingerprint density at radius 2 is 1.62 bits per heavy atom. The fourth-order valence-corrected chi connectivity index (χ4v) is 4.67. The monoisotopic (exact) mass is 359 g/mol. The van der Waals surface area contributed by atoms with E-state index in [2.05, 4.69) is 0 Å². The zero-order valence-electron chi connectivity index (χ0n) is 14.0. The topological polar surface area (TPSA) is 80.8 Å². The van der Waals surface area contributed by atoms with Crippen LogP contribution in [0.25, 0.3) is 0 Å². The number of likely N-dealkylation sites (tertiary alicyclic amines) is 1. The van der Waals surface area contributed by atoms with Gasteiger partial charge in [-0.3, -0.25) is 24.1 Å². The van der Waals surface area contributed by atoms with Crippen molar-refractivity contribution in [3.05, 3.63) is 35.6 Å². The summed E-state index contributed by atoms with van der Waals surface area (Å²) in [7, 11) is 0. The molecule has 2 bridgehead atoms. The number of ether oxygens (including phenoxy) is 1. The molecule has 1 aromatic rings. The van der Waals surface area contributed by atoms with E-state index < -0.39 is 30.7 Å². The molecule has 1 saturated heterocycles. The van der Waals surface area contributed by atoms with E-state index in [0.29, 0.717) is 0 Å². The Labute approximate surface area is 149 Å². The second-order valence-corrected chi connectivity index (χ2v) is 7.24. The average Bonchev–Trinajstić information content (AvgIpc) is 3.30. The van der Waals surface area contributed by atoms with E-state index in [4.69, 9.17) is 4.74 Å². The van der Waals surface area contributed by atoms with Crippen molar-refractivity contribution < 1.29 is 28.3 Å². The van der Waals surface area contributed by atoms with Crippen LogP contribution in [0, 0.1) is 29.5 Å². The molecule has 0 spiro atoms. The average molecular weight is 359 g/mol. The van der Waals surface area contributed by atoms with Gasteiger partial charge < -0.3 is 4.74 Å². The highest BCUT2D eigenvalue weighted by Gasteiger charge is 2.61. The molecule has 2 aliphatic carbocycles. The molecule has 0 unspecified atom stereocenters. The number of amides is 2. The second kappa shape index (κ2) is 6.30. The van der Waals surface area contributed by atoms with Gasteiger partial charge in [-0.05, 0) is 55.4 Å². The minimum Gasteiger partial charge on any atom is -0.456 e. The summed E-state index contributed by atoms with van der Waals surface area (Å²) in [6.45, 7) is -0.973. The van der Waals surface area contributed by atoms with Crippen LogP contribution in [-0.4, -0.2) is 41.6 Å². The van der Waals surface area contributed by atoms with E-state index in [9.17, 15) is 23.6 Å².